The lowest BCUT2D eigenvalue weighted by Gasteiger charge is -1.99. The van der Waals surface area contributed by atoms with Crippen molar-refractivity contribution in [2.75, 3.05) is 0 Å². The van der Waals surface area contributed by atoms with Gasteiger partial charge in [0.2, 0.25) is 0 Å². The Morgan fingerprint density at radius 2 is 2.07 bits per heavy atom. The number of benzene rings is 1. The molecule has 2 rings (SSSR count). The van der Waals surface area contributed by atoms with Crippen LogP contribution in [0.1, 0.15) is 24.8 Å². The van der Waals surface area contributed by atoms with E-state index in [-0.39, 0.29) is 0 Å². The van der Waals surface area contributed by atoms with Crippen LogP contribution in [0.2, 0.25) is 0 Å². The van der Waals surface area contributed by atoms with E-state index in [1.807, 2.05) is 6.92 Å². The summed E-state index contributed by atoms with van der Waals surface area (Å²) in [7, 11) is 0. The maximum absolute atomic E-state index is 8.63. The molecule has 0 aliphatic heterocycles. The van der Waals surface area contributed by atoms with E-state index in [0.29, 0.717) is 11.8 Å². The molecule has 14 heavy (non-hydrogen) atoms. The van der Waals surface area contributed by atoms with E-state index in [1.54, 1.807) is 0 Å². The molecule has 2 nitrogen and oxygen atoms in total. The number of halogens is 1. The van der Waals surface area contributed by atoms with Gasteiger partial charge in [0.05, 0.1) is 5.71 Å². The Balaban J connectivity index is 2.10. The maximum atomic E-state index is 8.63. The molecule has 0 aromatic heterocycles. The van der Waals surface area contributed by atoms with E-state index < -0.39 is 0 Å². The first-order valence-corrected chi connectivity index (χ1v) is 5.45. The van der Waals surface area contributed by atoms with Crippen molar-refractivity contribution in [3.05, 3.63) is 34.3 Å². The minimum atomic E-state index is 0.446. The third-order valence-corrected chi connectivity index (χ3v) is 3.31. The second-order valence-electron chi connectivity index (χ2n) is 3.74. The molecule has 0 heterocycles. The van der Waals surface area contributed by atoms with Gasteiger partial charge in [0, 0.05) is 10.4 Å². The average molecular weight is 254 g/mol. The molecule has 3 heteroatoms. The van der Waals surface area contributed by atoms with Gasteiger partial charge < -0.3 is 5.21 Å². The van der Waals surface area contributed by atoms with Crippen molar-refractivity contribution >= 4 is 21.6 Å². The first kappa shape index (κ1) is 9.71. The minimum Gasteiger partial charge on any atom is -0.411 e. The standard InChI is InChI=1S/C11H12BrNO/c1-7(13-14)10-6-11(10)8-2-4-9(12)5-3-8/h2-5,10-11,14H,6H2,1H3/b13-7+/t10-,11-/m1/s1. The highest BCUT2D eigenvalue weighted by atomic mass is 79.9. The van der Waals surface area contributed by atoms with Gasteiger partial charge in [-0.25, -0.2) is 0 Å². The molecule has 1 aliphatic carbocycles. The van der Waals surface area contributed by atoms with Crippen LogP contribution in [0.15, 0.2) is 33.9 Å². The summed E-state index contributed by atoms with van der Waals surface area (Å²) in [6, 6.07) is 8.35. The van der Waals surface area contributed by atoms with Crippen LogP contribution >= 0.6 is 15.9 Å². The summed E-state index contributed by atoms with van der Waals surface area (Å²) in [4.78, 5) is 0. The number of nitrogens with zero attached hydrogens (tertiary/aromatic N) is 1. The summed E-state index contributed by atoms with van der Waals surface area (Å²) in [6.45, 7) is 1.88. The monoisotopic (exact) mass is 253 g/mol. The zero-order chi connectivity index (χ0) is 10.1. The highest BCUT2D eigenvalue weighted by Gasteiger charge is 2.40. The largest absolute Gasteiger partial charge is 0.411 e. The summed E-state index contributed by atoms with van der Waals surface area (Å²) in [5.41, 5.74) is 2.18. The number of hydrogen-bond acceptors (Lipinski definition) is 2. The number of rotatable bonds is 2. The van der Waals surface area contributed by atoms with Crippen LogP contribution in [0.5, 0.6) is 0 Å². The summed E-state index contributed by atoms with van der Waals surface area (Å²) in [5, 5.41) is 11.9. The smallest absolute Gasteiger partial charge is 0.0577 e. The van der Waals surface area contributed by atoms with Gasteiger partial charge >= 0.3 is 0 Å². The Kier molecular flexibility index (Phi) is 2.59. The molecular formula is C11H12BrNO. The molecule has 0 spiro atoms. The molecule has 1 aromatic carbocycles. The van der Waals surface area contributed by atoms with Gasteiger partial charge in [0.25, 0.3) is 0 Å². The highest BCUT2D eigenvalue weighted by molar-refractivity contribution is 9.10. The number of oxime groups is 1. The zero-order valence-electron chi connectivity index (χ0n) is 7.94. The van der Waals surface area contributed by atoms with Gasteiger partial charge in [0.1, 0.15) is 0 Å². The average Bonchev–Trinajstić information content (AvgIpc) is 2.98. The lowest BCUT2D eigenvalue weighted by atomic mass is 10.1. The first-order valence-electron chi connectivity index (χ1n) is 4.66. The Morgan fingerprint density at radius 3 is 2.64 bits per heavy atom. The fourth-order valence-electron chi connectivity index (χ4n) is 1.81. The van der Waals surface area contributed by atoms with Gasteiger partial charge in [-0.15, -0.1) is 0 Å². The molecular weight excluding hydrogens is 242 g/mol. The fourth-order valence-corrected chi connectivity index (χ4v) is 2.07. The van der Waals surface area contributed by atoms with Crippen LogP contribution in [0.25, 0.3) is 0 Å². The molecule has 1 aliphatic rings. The second-order valence-corrected chi connectivity index (χ2v) is 4.66. The van der Waals surface area contributed by atoms with Crippen molar-refractivity contribution in [2.24, 2.45) is 11.1 Å². The molecule has 1 fully saturated rings. The zero-order valence-corrected chi connectivity index (χ0v) is 9.53. The van der Waals surface area contributed by atoms with Crippen molar-refractivity contribution in [1.82, 2.24) is 0 Å². The first-order chi connectivity index (χ1) is 6.72. The lowest BCUT2D eigenvalue weighted by molar-refractivity contribution is 0.316. The van der Waals surface area contributed by atoms with Gasteiger partial charge in [-0.3, -0.25) is 0 Å². The predicted molar refractivity (Wildman–Crippen MR) is 59.9 cm³/mol. The van der Waals surface area contributed by atoms with Crippen molar-refractivity contribution in [2.45, 2.75) is 19.3 Å². The van der Waals surface area contributed by atoms with Crippen LogP contribution < -0.4 is 0 Å². The Hall–Kier alpha value is -0.830. The fraction of sp³-hybridized carbons (Fsp3) is 0.364. The second kappa shape index (κ2) is 3.73. The Morgan fingerprint density at radius 1 is 1.43 bits per heavy atom. The van der Waals surface area contributed by atoms with Gasteiger partial charge in [-0.1, -0.05) is 33.2 Å². The third kappa shape index (κ3) is 1.82. The normalized spacial score (nSPS) is 26.3. The van der Waals surface area contributed by atoms with E-state index >= 15 is 0 Å². The molecule has 1 N–H and O–H groups in total. The van der Waals surface area contributed by atoms with Crippen LogP contribution in [-0.2, 0) is 0 Å². The Bertz CT molecular complexity index is 358. The van der Waals surface area contributed by atoms with E-state index in [2.05, 4.69) is 45.4 Å². The van der Waals surface area contributed by atoms with Crippen molar-refractivity contribution < 1.29 is 5.21 Å². The molecule has 74 valence electrons. The van der Waals surface area contributed by atoms with Crippen molar-refractivity contribution in [3.8, 4) is 0 Å². The molecule has 0 bridgehead atoms. The van der Waals surface area contributed by atoms with Crippen LogP contribution in [-0.4, -0.2) is 10.9 Å². The topological polar surface area (TPSA) is 32.6 Å². The minimum absolute atomic E-state index is 0.446. The Labute approximate surface area is 91.8 Å². The highest BCUT2D eigenvalue weighted by Crippen LogP contribution is 2.48. The van der Waals surface area contributed by atoms with Crippen LogP contribution in [0, 0.1) is 5.92 Å². The van der Waals surface area contributed by atoms with Crippen LogP contribution in [0.4, 0.5) is 0 Å². The summed E-state index contributed by atoms with van der Waals surface area (Å²) in [5.74, 6) is 1.00. The van der Waals surface area contributed by atoms with E-state index in [0.717, 1.165) is 16.6 Å². The van der Waals surface area contributed by atoms with E-state index in [9.17, 15) is 0 Å². The molecule has 1 aromatic rings. The van der Waals surface area contributed by atoms with Crippen molar-refractivity contribution in [1.29, 1.82) is 0 Å². The molecule has 0 amide bonds. The van der Waals surface area contributed by atoms with Gasteiger partial charge in [-0.05, 0) is 37.0 Å². The van der Waals surface area contributed by atoms with Gasteiger partial charge in [0.15, 0.2) is 0 Å². The van der Waals surface area contributed by atoms with Crippen molar-refractivity contribution in [3.63, 3.8) is 0 Å². The molecule has 0 radical (unpaired) electrons. The summed E-state index contributed by atoms with van der Waals surface area (Å²) < 4.78 is 1.10. The maximum Gasteiger partial charge on any atom is 0.0577 e. The molecule has 0 unspecified atom stereocenters. The SMILES string of the molecule is C/C(=N\O)[C@H]1C[C@@H]1c1ccc(Br)cc1. The van der Waals surface area contributed by atoms with E-state index in [4.69, 9.17) is 5.21 Å². The summed E-state index contributed by atoms with van der Waals surface area (Å²) in [6.07, 6.45) is 1.11. The van der Waals surface area contributed by atoms with Gasteiger partial charge in [-0.2, -0.15) is 0 Å². The molecule has 0 saturated heterocycles. The third-order valence-electron chi connectivity index (χ3n) is 2.78. The number of hydrogen-bond donors (Lipinski definition) is 1. The molecule has 1 saturated carbocycles. The van der Waals surface area contributed by atoms with E-state index in [1.165, 1.54) is 5.56 Å². The quantitative estimate of drug-likeness (QED) is 0.489. The lowest BCUT2D eigenvalue weighted by Crippen LogP contribution is -1.95. The van der Waals surface area contributed by atoms with Crippen LogP contribution in [0.3, 0.4) is 0 Å². The summed E-state index contributed by atoms with van der Waals surface area (Å²) >= 11 is 3.41. The predicted octanol–water partition coefficient (Wildman–Crippen LogP) is 3.40. The molecule has 2 atom stereocenters.